The van der Waals surface area contributed by atoms with Gasteiger partial charge in [0.05, 0.1) is 18.4 Å². The van der Waals surface area contributed by atoms with Gasteiger partial charge in [0.15, 0.2) is 5.78 Å². The van der Waals surface area contributed by atoms with Gasteiger partial charge in [0, 0.05) is 31.8 Å². The summed E-state index contributed by atoms with van der Waals surface area (Å²) in [5.41, 5.74) is 2.84. The molecule has 0 N–H and O–H groups in total. The van der Waals surface area contributed by atoms with Crippen LogP contribution in [0.25, 0.3) is 0 Å². The normalized spacial score (nSPS) is 26.3. The average Bonchev–Trinajstić information content (AvgIpc) is 2.79. The molecule has 2 rings (SSSR count). The second-order valence-electron chi connectivity index (χ2n) is 8.02. The fourth-order valence-electron chi connectivity index (χ4n) is 3.80. The topological polar surface area (TPSA) is 96.0 Å². The summed E-state index contributed by atoms with van der Waals surface area (Å²) in [6, 6.07) is 0. The molecular formula is C24H30O7. The maximum Gasteiger partial charge on any atom is 0.307 e. The first-order valence-corrected chi connectivity index (χ1v) is 10.4. The molecule has 0 fully saturated rings. The van der Waals surface area contributed by atoms with E-state index in [0.29, 0.717) is 42.4 Å². The largest absolute Gasteiger partial charge is 0.461 e. The van der Waals surface area contributed by atoms with Gasteiger partial charge in [-0.25, -0.2) is 0 Å². The standard InChI is InChI=1S/C24H30O7/c1-15(2)8-11-22(28)21-14-30-24(31-17(4)27)23-19(13-29-16(3)26)7-5-6-18(12-25)9-10-20(21)23/h8-9,12-14,20,23-24H,5-7,10-11H2,1-4H3/b18-9+,19-13+/t20-,23+,24-/m1/s1. The van der Waals surface area contributed by atoms with Gasteiger partial charge in [-0.2, -0.15) is 0 Å². The Balaban J connectivity index is 2.54. The van der Waals surface area contributed by atoms with Gasteiger partial charge in [0.25, 0.3) is 6.29 Å². The molecule has 2 aliphatic rings. The van der Waals surface area contributed by atoms with Crippen LogP contribution in [0.15, 0.2) is 47.0 Å². The number of hydrogen-bond acceptors (Lipinski definition) is 7. The summed E-state index contributed by atoms with van der Waals surface area (Å²) >= 11 is 0. The van der Waals surface area contributed by atoms with Crippen molar-refractivity contribution in [1.29, 1.82) is 0 Å². The van der Waals surface area contributed by atoms with Gasteiger partial charge in [-0.15, -0.1) is 0 Å². The molecule has 0 aromatic heterocycles. The van der Waals surface area contributed by atoms with E-state index in [2.05, 4.69) is 0 Å². The van der Waals surface area contributed by atoms with Crippen molar-refractivity contribution >= 4 is 24.0 Å². The molecule has 0 radical (unpaired) electrons. The highest BCUT2D eigenvalue weighted by molar-refractivity contribution is 5.97. The summed E-state index contributed by atoms with van der Waals surface area (Å²) < 4.78 is 16.3. The third kappa shape index (κ3) is 7.05. The predicted octanol–water partition coefficient (Wildman–Crippen LogP) is 4.09. The van der Waals surface area contributed by atoms with E-state index in [0.717, 1.165) is 11.9 Å². The quantitative estimate of drug-likeness (QED) is 0.271. The monoisotopic (exact) mass is 430 g/mol. The second-order valence-corrected chi connectivity index (χ2v) is 8.02. The van der Waals surface area contributed by atoms with Crippen LogP contribution in [0.1, 0.15) is 59.8 Å². The van der Waals surface area contributed by atoms with Crippen LogP contribution in [0.4, 0.5) is 0 Å². The number of fused-ring (bicyclic) bond motifs is 1. The Bertz CT molecular complexity index is 840. The Hall–Kier alpha value is -2.96. The van der Waals surface area contributed by atoms with Crippen LogP contribution in [0.2, 0.25) is 0 Å². The van der Waals surface area contributed by atoms with Crippen molar-refractivity contribution in [3.05, 3.63) is 47.0 Å². The Kier molecular flexibility index (Phi) is 8.97. The van der Waals surface area contributed by atoms with Crippen molar-refractivity contribution in [3.8, 4) is 0 Å². The molecule has 0 bridgehead atoms. The number of ether oxygens (including phenoxy) is 3. The second kappa shape index (κ2) is 11.4. The molecule has 0 spiro atoms. The van der Waals surface area contributed by atoms with Crippen LogP contribution >= 0.6 is 0 Å². The van der Waals surface area contributed by atoms with Crippen LogP contribution in [-0.2, 0) is 33.4 Å². The van der Waals surface area contributed by atoms with Gasteiger partial charge in [0.2, 0.25) is 0 Å². The Labute approximate surface area is 182 Å². The average molecular weight is 430 g/mol. The fourth-order valence-corrected chi connectivity index (χ4v) is 3.80. The Morgan fingerprint density at radius 1 is 1.13 bits per heavy atom. The minimum absolute atomic E-state index is 0.107. The molecule has 0 aromatic carbocycles. The van der Waals surface area contributed by atoms with Crippen molar-refractivity contribution in [2.75, 3.05) is 0 Å². The molecule has 7 nitrogen and oxygen atoms in total. The van der Waals surface area contributed by atoms with Gasteiger partial charge >= 0.3 is 11.9 Å². The minimum atomic E-state index is -0.963. The van der Waals surface area contributed by atoms with Crippen molar-refractivity contribution in [2.24, 2.45) is 11.8 Å². The molecule has 0 saturated carbocycles. The highest BCUT2D eigenvalue weighted by atomic mass is 16.7. The van der Waals surface area contributed by atoms with E-state index in [9.17, 15) is 19.2 Å². The molecule has 0 unspecified atom stereocenters. The predicted molar refractivity (Wildman–Crippen MR) is 113 cm³/mol. The lowest BCUT2D eigenvalue weighted by Crippen LogP contribution is -2.40. The van der Waals surface area contributed by atoms with E-state index in [-0.39, 0.29) is 12.2 Å². The number of ketones is 1. The maximum atomic E-state index is 13.0. The third-order valence-corrected chi connectivity index (χ3v) is 5.28. The number of allylic oxidation sites excluding steroid dienone is 5. The van der Waals surface area contributed by atoms with Gasteiger partial charge in [-0.3, -0.25) is 19.2 Å². The number of carbonyl (C=O) groups is 4. The molecule has 168 valence electrons. The first-order chi connectivity index (χ1) is 14.7. The minimum Gasteiger partial charge on any atom is -0.461 e. The van der Waals surface area contributed by atoms with Crippen LogP contribution in [0.3, 0.4) is 0 Å². The van der Waals surface area contributed by atoms with Crippen molar-refractivity contribution in [1.82, 2.24) is 0 Å². The lowest BCUT2D eigenvalue weighted by molar-refractivity contribution is -0.180. The van der Waals surface area contributed by atoms with E-state index in [1.807, 2.05) is 26.0 Å². The number of carbonyl (C=O) groups excluding carboxylic acids is 4. The van der Waals surface area contributed by atoms with Crippen LogP contribution in [0, 0.1) is 11.8 Å². The molecule has 0 saturated heterocycles. The van der Waals surface area contributed by atoms with Crippen LogP contribution in [0.5, 0.6) is 0 Å². The zero-order chi connectivity index (χ0) is 23.0. The summed E-state index contributed by atoms with van der Waals surface area (Å²) in [6.07, 6.45) is 8.57. The molecule has 0 amide bonds. The van der Waals surface area contributed by atoms with Gasteiger partial charge < -0.3 is 14.2 Å². The highest BCUT2D eigenvalue weighted by Crippen LogP contribution is 2.42. The molecule has 1 aliphatic heterocycles. The summed E-state index contributed by atoms with van der Waals surface area (Å²) in [6.45, 7) is 6.41. The van der Waals surface area contributed by atoms with E-state index < -0.39 is 30.1 Å². The summed E-state index contributed by atoms with van der Waals surface area (Å²) in [5.74, 6) is -2.03. The first-order valence-electron chi connectivity index (χ1n) is 10.4. The molecule has 1 aliphatic carbocycles. The zero-order valence-corrected chi connectivity index (χ0v) is 18.5. The van der Waals surface area contributed by atoms with Gasteiger partial charge in [-0.05, 0) is 50.7 Å². The molecule has 7 heteroatoms. The number of hydrogen-bond donors (Lipinski definition) is 0. The lowest BCUT2D eigenvalue weighted by Gasteiger charge is -2.37. The Morgan fingerprint density at radius 2 is 1.87 bits per heavy atom. The zero-order valence-electron chi connectivity index (χ0n) is 18.5. The molecular weight excluding hydrogens is 400 g/mol. The lowest BCUT2D eigenvalue weighted by atomic mass is 9.75. The van der Waals surface area contributed by atoms with Gasteiger partial charge in [0.1, 0.15) is 6.29 Å². The Morgan fingerprint density at radius 3 is 2.48 bits per heavy atom. The summed E-state index contributed by atoms with van der Waals surface area (Å²) in [7, 11) is 0. The van der Waals surface area contributed by atoms with Crippen molar-refractivity contribution < 1.29 is 33.4 Å². The molecule has 3 atom stereocenters. The smallest absolute Gasteiger partial charge is 0.307 e. The van der Waals surface area contributed by atoms with Crippen LogP contribution in [-0.4, -0.2) is 30.3 Å². The third-order valence-electron chi connectivity index (χ3n) is 5.28. The molecule has 0 aromatic rings. The first kappa shape index (κ1) is 24.3. The SMILES string of the molecule is CC(=O)O/C=C1\CCC/C(C=O)=C\C[C@@H]2C(C(=O)CC=C(C)C)=CO[C@H](OC(C)=O)[C@@H]12. The number of esters is 2. The molecule has 31 heavy (non-hydrogen) atoms. The summed E-state index contributed by atoms with van der Waals surface area (Å²) in [5, 5.41) is 0. The van der Waals surface area contributed by atoms with E-state index in [1.165, 1.54) is 26.4 Å². The van der Waals surface area contributed by atoms with Crippen LogP contribution < -0.4 is 0 Å². The van der Waals surface area contributed by atoms with Gasteiger partial charge in [-0.1, -0.05) is 17.7 Å². The van der Waals surface area contributed by atoms with E-state index in [4.69, 9.17) is 14.2 Å². The highest BCUT2D eigenvalue weighted by Gasteiger charge is 2.42. The summed E-state index contributed by atoms with van der Waals surface area (Å²) in [4.78, 5) is 47.6. The van der Waals surface area contributed by atoms with Crippen molar-refractivity contribution in [3.63, 3.8) is 0 Å². The molecule has 1 heterocycles. The van der Waals surface area contributed by atoms with E-state index in [1.54, 1.807) is 0 Å². The number of rotatable bonds is 6. The fraction of sp³-hybridized carbons (Fsp3) is 0.500. The number of Topliss-reactive ketones (excluding diaryl/α,β-unsaturated/α-hetero) is 1. The van der Waals surface area contributed by atoms with Crippen molar-refractivity contribution in [2.45, 2.75) is 66.1 Å². The van der Waals surface area contributed by atoms with E-state index >= 15 is 0 Å². The maximum absolute atomic E-state index is 13.0. The number of aldehydes is 1.